The lowest BCUT2D eigenvalue weighted by Gasteiger charge is -2.39. The molecule has 6 atom stereocenters. The number of aliphatic hydroxyl groups excluding tert-OH is 4. The van der Waals surface area contributed by atoms with Crippen LogP contribution in [0.4, 0.5) is 0 Å². The number of rotatable bonds is 45. The first-order valence-electron chi connectivity index (χ1n) is 26.1. The van der Waals surface area contributed by atoms with Gasteiger partial charge in [0.05, 0.1) is 13.2 Å². The van der Waals surface area contributed by atoms with Gasteiger partial charge in [-0.15, -0.1) is 0 Å². The van der Waals surface area contributed by atoms with Crippen LogP contribution in [0.25, 0.3) is 0 Å². The number of aliphatic hydroxyl groups is 4. The van der Waals surface area contributed by atoms with E-state index in [2.05, 4.69) is 13.8 Å². The van der Waals surface area contributed by atoms with Gasteiger partial charge in [-0.1, -0.05) is 232 Å². The minimum absolute atomic E-state index is 0.208. The van der Waals surface area contributed by atoms with Crippen LogP contribution in [0.3, 0.4) is 0 Å². The average Bonchev–Trinajstić information content (AvgIpc) is 3.26. The molecule has 0 aliphatic carbocycles. The van der Waals surface area contributed by atoms with Gasteiger partial charge in [0.15, 0.2) is 12.4 Å². The number of carbonyl (C=O) groups is 2. The normalized spacial score (nSPS) is 19.6. The third kappa shape index (κ3) is 33.8. The van der Waals surface area contributed by atoms with Gasteiger partial charge in [0.1, 0.15) is 31.0 Å². The quantitative estimate of drug-likeness (QED) is 0.0344. The Hall–Kier alpha value is -1.30. The molecule has 0 saturated carbocycles. The van der Waals surface area contributed by atoms with E-state index in [0.717, 1.165) is 38.5 Å². The summed E-state index contributed by atoms with van der Waals surface area (Å²) in [6, 6.07) is 0. The van der Waals surface area contributed by atoms with Gasteiger partial charge in [-0.2, -0.15) is 0 Å². The molecule has 0 aromatic heterocycles. The van der Waals surface area contributed by atoms with Crippen molar-refractivity contribution in [1.82, 2.24) is 0 Å². The van der Waals surface area contributed by atoms with E-state index >= 15 is 0 Å². The molecule has 1 heterocycles. The molecule has 61 heavy (non-hydrogen) atoms. The van der Waals surface area contributed by atoms with Gasteiger partial charge in [0.2, 0.25) is 0 Å². The molecule has 1 aliphatic heterocycles. The molecular formula is C51H98O10. The van der Waals surface area contributed by atoms with Gasteiger partial charge >= 0.3 is 11.9 Å². The maximum atomic E-state index is 12.8. The summed E-state index contributed by atoms with van der Waals surface area (Å²) in [6.07, 6.45) is 38.3. The van der Waals surface area contributed by atoms with Crippen LogP contribution in [-0.2, 0) is 28.5 Å². The molecule has 10 nitrogen and oxygen atoms in total. The third-order valence-electron chi connectivity index (χ3n) is 12.5. The summed E-state index contributed by atoms with van der Waals surface area (Å²) >= 11 is 0. The Morgan fingerprint density at radius 2 is 0.770 bits per heavy atom. The van der Waals surface area contributed by atoms with Gasteiger partial charge in [0.25, 0.3) is 0 Å². The number of hydrogen-bond donors (Lipinski definition) is 4. The molecule has 1 aliphatic rings. The van der Waals surface area contributed by atoms with E-state index in [1.807, 2.05) is 0 Å². The molecule has 0 bridgehead atoms. The number of hydrogen-bond acceptors (Lipinski definition) is 10. The Balaban J connectivity index is 2.20. The molecule has 0 radical (unpaired) electrons. The molecule has 1 fully saturated rings. The van der Waals surface area contributed by atoms with Crippen LogP contribution in [0, 0.1) is 0 Å². The lowest BCUT2D eigenvalue weighted by molar-refractivity contribution is -0.305. The van der Waals surface area contributed by atoms with E-state index in [-0.39, 0.29) is 32.0 Å². The maximum absolute atomic E-state index is 12.8. The SMILES string of the molecule is CCCCCCCCCCCCCCCCCCCCCCCCC(=O)OC[C@@H](CO[C@H]1O[C@@H](CO)[C@@H](O)C(O)C1O)OC(=O)CCCCCCCCCCCCCCCC. The standard InChI is InChI=1S/C51H98O10/c1-3-5-7-9-11-13-15-17-19-20-21-22-23-24-25-26-28-29-31-33-35-37-39-46(53)58-42-44(43-59-51-50(57)49(56)48(55)45(41-52)61-51)60-47(54)40-38-36-34-32-30-27-18-16-14-12-10-8-6-4-2/h44-45,48-52,55-57H,3-43H2,1-2H3/t44-,45-,48+,49?,50?,51-/m0/s1. The van der Waals surface area contributed by atoms with Crippen LogP contribution in [-0.4, -0.2) is 89.0 Å². The van der Waals surface area contributed by atoms with Gasteiger partial charge in [-0.25, -0.2) is 0 Å². The Morgan fingerprint density at radius 1 is 0.443 bits per heavy atom. The summed E-state index contributed by atoms with van der Waals surface area (Å²) in [5.74, 6) is -0.786. The summed E-state index contributed by atoms with van der Waals surface area (Å²) in [7, 11) is 0. The summed E-state index contributed by atoms with van der Waals surface area (Å²) in [4.78, 5) is 25.4. The zero-order valence-corrected chi connectivity index (χ0v) is 39.7. The van der Waals surface area contributed by atoms with Crippen LogP contribution in [0.2, 0.25) is 0 Å². The fourth-order valence-corrected chi connectivity index (χ4v) is 8.37. The predicted molar refractivity (Wildman–Crippen MR) is 247 cm³/mol. The molecule has 0 spiro atoms. The molecule has 0 amide bonds. The van der Waals surface area contributed by atoms with Crippen molar-refractivity contribution in [3.63, 3.8) is 0 Å². The second-order valence-corrected chi connectivity index (χ2v) is 18.3. The van der Waals surface area contributed by atoms with E-state index < -0.39 is 49.4 Å². The molecular weight excluding hydrogens is 773 g/mol. The Morgan fingerprint density at radius 3 is 1.11 bits per heavy atom. The summed E-state index contributed by atoms with van der Waals surface area (Å²) < 4.78 is 22.2. The Kier molecular flexibility index (Phi) is 40.3. The van der Waals surface area contributed by atoms with Crippen LogP contribution < -0.4 is 0 Å². The monoisotopic (exact) mass is 871 g/mol. The first-order chi connectivity index (χ1) is 29.8. The molecule has 0 aromatic carbocycles. The summed E-state index contributed by atoms with van der Waals surface area (Å²) in [5.41, 5.74) is 0. The van der Waals surface area contributed by atoms with Crippen LogP contribution >= 0.6 is 0 Å². The maximum Gasteiger partial charge on any atom is 0.306 e. The number of esters is 2. The molecule has 0 aromatic rings. The highest BCUT2D eigenvalue weighted by atomic mass is 16.7. The number of ether oxygens (including phenoxy) is 4. The molecule has 362 valence electrons. The van der Waals surface area contributed by atoms with E-state index in [0.29, 0.717) is 6.42 Å². The van der Waals surface area contributed by atoms with E-state index in [1.165, 1.54) is 186 Å². The minimum atomic E-state index is -1.59. The van der Waals surface area contributed by atoms with Crippen molar-refractivity contribution >= 4 is 11.9 Å². The zero-order valence-electron chi connectivity index (χ0n) is 39.7. The predicted octanol–water partition coefficient (Wildman–Crippen LogP) is 12.1. The largest absolute Gasteiger partial charge is 0.462 e. The second-order valence-electron chi connectivity index (χ2n) is 18.3. The first-order valence-corrected chi connectivity index (χ1v) is 26.1. The van der Waals surface area contributed by atoms with Gasteiger partial charge in [0, 0.05) is 12.8 Å². The van der Waals surface area contributed by atoms with E-state index in [4.69, 9.17) is 18.9 Å². The lowest BCUT2D eigenvalue weighted by atomic mass is 9.99. The van der Waals surface area contributed by atoms with Crippen molar-refractivity contribution in [3.05, 3.63) is 0 Å². The van der Waals surface area contributed by atoms with Crippen LogP contribution in [0.5, 0.6) is 0 Å². The van der Waals surface area contributed by atoms with Crippen molar-refractivity contribution in [1.29, 1.82) is 0 Å². The topological polar surface area (TPSA) is 152 Å². The number of unbranched alkanes of at least 4 members (excludes halogenated alkanes) is 34. The van der Waals surface area contributed by atoms with Crippen molar-refractivity contribution in [3.8, 4) is 0 Å². The van der Waals surface area contributed by atoms with Gasteiger partial charge in [-0.3, -0.25) is 9.59 Å². The smallest absolute Gasteiger partial charge is 0.306 e. The molecule has 2 unspecified atom stereocenters. The Bertz CT molecular complexity index is 964. The highest BCUT2D eigenvalue weighted by molar-refractivity contribution is 5.70. The Labute approximate surface area is 374 Å². The van der Waals surface area contributed by atoms with Crippen molar-refractivity contribution in [2.75, 3.05) is 19.8 Å². The van der Waals surface area contributed by atoms with Crippen molar-refractivity contribution < 1.29 is 49.0 Å². The molecule has 1 saturated heterocycles. The fraction of sp³-hybridized carbons (Fsp3) is 0.961. The van der Waals surface area contributed by atoms with Gasteiger partial charge in [-0.05, 0) is 12.8 Å². The zero-order chi connectivity index (χ0) is 44.4. The van der Waals surface area contributed by atoms with Crippen LogP contribution in [0.15, 0.2) is 0 Å². The van der Waals surface area contributed by atoms with E-state index in [9.17, 15) is 30.0 Å². The lowest BCUT2D eigenvalue weighted by Crippen LogP contribution is -2.59. The van der Waals surface area contributed by atoms with Crippen molar-refractivity contribution in [2.24, 2.45) is 0 Å². The molecule has 10 heteroatoms. The first kappa shape index (κ1) is 57.7. The average molecular weight is 871 g/mol. The second kappa shape index (κ2) is 42.6. The van der Waals surface area contributed by atoms with Crippen molar-refractivity contribution in [2.45, 2.75) is 295 Å². The minimum Gasteiger partial charge on any atom is -0.462 e. The molecule has 4 N–H and O–H groups in total. The van der Waals surface area contributed by atoms with Gasteiger partial charge < -0.3 is 39.4 Å². The number of carbonyl (C=O) groups excluding carboxylic acids is 2. The highest BCUT2D eigenvalue weighted by Crippen LogP contribution is 2.23. The fourth-order valence-electron chi connectivity index (χ4n) is 8.37. The molecule has 1 rings (SSSR count). The highest BCUT2D eigenvalue weighted by Gasteiger charge is 2.44. The summed E-state index contributed by atoms with van der Waals surface area (Å²) in [5, 5.41) is 40.2. The van der Waals surface area contributed by atoms with Crippen LogP contribution in [0.1, 0.15) is 258 Å². The van der Waals surface area contributed by atoms with E-state index in [1.54, 1.807) is 0 Å². The summed E-state index contributed by atoms with van der Waals surface area (Å²) in [6.45, 7) is 3.48. The third-order valence-corrected chi connectivity index (χ3v) is 12.5.